The zero-order valence-electron chi connectivity index (χ0n) is 7.70. The fraction of sp³-hybridized carbons (Fsp3) is 1.00. The number of halogens is 3. The first-order chi connectivity index (χ1) is 5.43. The summed E-state index contributed by atoms with van der Waals surface area (Å²) in [5.41, 5.74) is 0. The van der Waals surface area contributed by atoms with Gasteiger partial charge in [-0.25, -0.2) is 0 Å². The molecule has 0 spiro atoms. The van der Waals surface area contributed by atoms with Crippen molar-refractivity contribution in [3.05, 3.63) is 0 Å². The summed E-state index contributed by atoms with van der Waals surface area (Å²) in [5.74, 6) is -0.357. The Morgan fingerprint density at radius 2 is 1.75 bits per heavy atom. The second-order valence-corrected chi connectivity index (χ2v) is 2.96. The topological polar surface area (TPSA) is 12.0 Å². The maximum Gasteiger partial charge on any atom is 0.404 e. The largest absolute Gasteiger partial charge is 0.404 e. The fourth-order valence-corrected chi connectivity index (χ4v) is 1.10. The number of hydrogen-bond acceptors (Lipinski definition) is 1. The van der Waals surface area contributed by atoms with Gasteiger partial charge in [0.15, 0.2) is 0 Å². The van der Waals surface area contributed by atoms with Crippen LogP contribution in [0, 0.1) is 5.92 Å². The first kappa shape index (κ1) is 11.8. The SMILES string of the molecule is CCNC(C(C)CC)C(F)(F)F. The number of alkyl halides is 3. The Morgan fingerprint density at radius 3 is 2.00 bits per heavy atom. The van der Waals surface area contributed by atoms with Crippen LogP contribution in [0.1, 0.15) is 27.2 Å². The van der Waals surface area contributed by atoms with Crippen molar-refractivity contribution in [3.8, 4) is 0 Å². The Balaban J connectivity index is 4.22. The van der Waals surface area contributed by atoms with E-state index in [4.69, 9.17) is 0 Å². The molecule has 0 radical (unpaired) electrons. The molecular formula is C8H16F3N. The lowest BCUT2D eigenvalue weighted by Crippen LogP contribution is -2.46. The van der Waals surface area contributed by atoms with Gasteiger partial charge in [-0.2, -0.15) is 13.2 Å². The van der Waals surface area contributed by atoms with Gasteiger partial charge in [-0.3, -0.25) is 0 Å². The predicted molar refractivity (Wildman–Crippen MR) is 43.0 cm³/mol. The highest BCUT2D eigenvalue weighted by Crippen LogP contribution is 2.26. The molecule has 0 bridgehead atoms. The standard InChI is InChI=1S/C8H16F3N/c1-4-6(3)7(12-5-2)8(9,10)11/h6-7,12H,4-5H2,1-3H3. The molecule has 0 aliphatic rings. The highest BCUT2D eigenvalue weighted by atomic mass is 19.4. The van der Waals surface area contributed by atoms with E-state index in [2.05, 4.69) is 5.32 Å². The van der Waals surface area contributed by atoms with E-state index in [1.807, 2.05) is 0 Å². The summed E-state index contributed by atoms with van der Waals surface area (Å²) in [5, 5.41) is 2.45. The van der Waals surface area contributed by atoms with Crippen LogP contribution in [0.25, 0.3) is 0 Å². The van der Waals surface area contributed by atoms with Crippen LogP contribution in [0.4, 0.5) is 13.2 Å². The van der Waals surface area contributed by atoms with E-state index in [9.17, 15) is 13.2 Å². The summed E-state index contributed by atoms with van der Waals surface area (Å²) >= 11 is 0. The summed E-state index contributed by atoms with van der Waals surface area (Å²) in [7, 11) is 0. The quantitative estimate of drug-likeness (QED) is 0.706. The fourth-order valence-electron chi connectivity index (χ4n) is 1.10. The molecule has 0 aliphatic heterocycles. The molecule has 74 valence electrons. The van der Waals surface area contributed by atoms with E-state index in [-0.39, 0.29) is 5.92 Å². The molecule has 0 saturated carbocycles. The van der Waals surface area contributed by atoms with Gasteiger partial charge in [-0.05, 0) is 12.5 Å². The normalized spacial score (nSPS) is 17.5. The van der Waals surface area contributed by atoms with E-state index in [0.717, 1.165) is 0 Å². The molecule has 0 amide bonds. The summed E-state index contributed by atoms with van der Waals surface area (Å²) in [4.78, 5) is 0. The zero-order chi connectivity index (χ0) is 9.78. The number of hydrogen-bond donors (Lipinski definition) is 1. The average Bonchev–Trinajstić information content (AvgIpc) is 1.96. The Kier molecular flexibility index (Phi) is 4.60. The van der Waals surface area contributed by atoms with Crippen molar-refractivity contribution >= 4 is 0 Å². The van der Waals surface area contributed by atoms with Crippen molar-refractivity contribution < 1.29 is 13.2 Å². The van der Waals surface area contributed by atoms with Crippen LogP contribution in [-0.2, 0) is 0 Å². The third-order valence-electron chi connectivity index (χ3n) is 1.99. The van der Waals surface area contributed by atoms with E-state index < -0.39 is 12.2 Å². The molecular weight excluding hydrogens is 167 g/mol. The molecule has 1 N–H and O–H groups in total. The van der Waals surface area contributed by atoms with Crippen LogP contribution < -0.4 is 5.32 Å². The molecule has 0 saturated heterocycles. The molecule has 12 heavy (non-hydrogen) atoms. The molecule has 0 aromatic rings. The van der Waals surface area contributed by atoms with E-state index >= 15 is 0 Å². The Morgan fingerprint density at radius 1 is 1.25 bits per heavy atom. The van der Waals surface area contributed by atoms with Crippen LogP contribution in [0.15, 0.2) is 0 Å². The third kappa shape index (κ3) is 3.43. The molecule has 0 aromatic heterocycles. The van der Waals surface area contributed by atoms with Crippen molar-refractivity contribution in [2.75, 3.05) is 6.54 Å². The van der Waals surface area contributed by atoms with Crippen molar-refractivity contribution in [3.63, 3.8) is 0 Å². The summed E-state index contributed by atoms with van der Waals surface area (Å²) < 4.78 is 36.8. The smallest absolute Gasteiger partial charge is 0.306 e. The highest BCUT2D eigenvalue weighted by Gasteiger charge is 2.41. The summed E-state index contributed by atoms with van der Waals surface area (Å²) in [6.07, 6.45) is -3.58. The molecule has 0 heterocycles. The third-order valence-corrected chi connectivity index (χ3v) is 1.99. The maximum absolute atomic E-state index is 12.3. The molecule has 2 atom stereocenters. The van der Waals surface area contributed by atoms with Crippen LogP contribution in [0.3, 0.4) is 0 Å². The number of nitrogens with one attached hydrogen (secondary N) is 1. The van der Waals surface area contributed by atoms with Gasteiger partial charge >= 0.3 is 6.18 Å². The van der Waals surface area contributed by atoms with Crippen molar-refractivity contribution in [2.24, 2.45) is 5.92 Å². The van der Waals surface area contributed by atoms with Gasteiger partial charge in [0.25, 0.3) is 0 Å². The van der Waals surface area contributed by atoms with E-state index in [1.165, 1.54) is 0 Å². The Labute approximate surface area is 71.3 Å². The van der Waals surface area contributed by atoms with Crippen molar-refractivity contribution in [2.45, 2.75) is 39.4 Å². The first-order valence-electron chi connectivity index (χ1n) is 4.23. The van der Waals surface area contributed by atoms with E-state index in [1.54, 1.807) is 20.8 Å². The van der Waals surface area contributed by atoms with E-state index in [0.29, 0.717) is 13.0 Å². The van der Waals surface area contributed by atoms with Gasteiger partial charge in [-0.15, -0.1) is 0 Å². The number of rotatable bonds is 4. The highest BCUT2D eigenvalue weighted by molar-refractivity contribution is 4.79. The lowest BCUT2D eigenvalue weighted by Gasteiger charge is -2.26. The second kappa shape index (κ2) is 4.70. The second-order valence-electron chi connectivity index (χ2n) is 2.96. The summed E-state index contributed by atoms with van der Waals surface area (Å²) in [6, 6.07) is -1.35. The van der Waals surface area contributed by atoms with Crippen LogP contribution >= 0.6 is 0 Å². The monoisotopic (exact) mass is 183 g/mol. The molecule has 0 aliphatic carbocycles. The molecule has 0 aromatic carbocycles. The molecule has 2 unspecified atom stereocenters. The van der Waals surface area contributed by atoms with Crippen LogP contribution in [-0.4, -0.2) is 18.8 Å². The first-order valence-corrected chi connectivity index (χ1v) is 4.23. The van der Waals surface area contributed by atoms with Crippen LogP contribution in [0.2, 0.25) is 0 Å². The maximum atomic E-state index is 12.3. The minimum atomic E-state index is -4.12. The lowest BCUT2D eigenvalue weighted by atomic mass is 9.99. The van der Waals surface area contributed by atoms with Gasteiger partial charge in [-0.1, -0.05) is 27.2 Å². The lowest BCUT2D eigenvalue weighted by molar-refractivity contribution is -0.166. The molecule has 1 nitrogen and oxygen atoms in total. The molecule has 4 heteroatoms. The van der Waals surface area contributed by atoms with Crippen molar-refractivity contribution in [1.29, 1.82) is 0 Å². The van der Waals surface area contributed by atoms with Crippen LogP contribution in [0.5, 0.6) is 0 Å². The van der Waals surface area contributed by atoms with Gasteiger partial charge in [0.05, 0.1) is 0 Å². The van der Waals surface area contributed by atoms with Crippen molar-refractivity contribution in [1.82, 2.24) is 5.32 Å². The average molecular weight is 183 g/mol. The zero-order valence-corrected chi connectivity index (χ0v) is 7.70. The van der Waals surface area contributed by atoms with Gasteiger partial charge in [0.2, 0.25) is 0 Å². The Hall–Kier alpha value is -0.250. The van der Waals surface area contributed by atoms with Gasteiger partial charge in [0.1, 0.15) is 6.04 Å². The predicted octanol–water partition coefficient (Wildman–Crippen LogP) is 2.57. The molecule has 0 fully saturated rings. The minimum absolute atomic E-state index is 0.356. The molecule has 0 rings (SSSR count). The minimum Gasteiger partial charge on any atom is -0.306 e. The summed E-state index contributed by atoms with van der Waals surface area (Å²) in [6.45, 7) is 5.41. The van der Waals surface area contributed by atoms with Gasteiger partial charge < -0.3 is 5.32 Å². The Bertz CT molecular complexity index is 122. The van der Waals surface area contributed by atoms with Gasteiger partial charge in [0, 0.05) is 0 Å².